The van der Waals surface area contributed by atoms with Crippen LogP contribution in [0.5, 0.6) is 0 Å². The predicted molar refractivity (Wildman–Crippen MR) is 56.8 cm³/mol. The molecule has 0 aliphatic rings. The van der Waals surface area contributed by atoms with E-state index in [1.165, 1.54) is 0 Å². The monoisotopic (exact) mass is 202 g/mol. The van der Waals surface area contributed by atoms with Gasteiger partial charge in [0.25, 0.3) is 0 Å². The van der Waals surface area contributed by atoms with Crippen LogP contribution in [0.4, 0.5) is 0 Å². The fourth-order valence-corrected chi connectivity index (χ4v) is 1.09. The van der Waals surface area contributed by atoms with Gasteiger partial charge >= 0.3 is 0 Å². The van der Waals surface area contributed by atoms with Crippen molar-refractivity contribution < 1.29 is 9.90 Å². The zero-order valence-corrected chi connectivity index (χ0v) is 9.34. The van der Waals surface area contributed by atoms with E-state index in [1.807, 2.05) is 13.8 Å². The van der Waals surface area contributed by atoms with Crippen LogP contribution in [0, 0.1) is 5.41 Å². The smallest absolute Gasteiger partial charge is 0.221 e. The fraction of sp³-hybridized carbons (Fsp3) is 0.900. The van der Waals surface area contributed by atoms with Crippen molar-refractivity contribution in [3.63, 3.8) is 0 Å². The Morgan fingerprint density at radius 2 is 2.14 bits per heavy atom. The predicted octanol–water partition coefficient (Wildman–Crippen LogP) is 0.248. The van der Waals surface area contributed by atoms with Crippen molar-refractivity contribution in [3.8, 4) is 0 Å². The highest BCUT2D eigenvalue weighted by atomic mass is 16.3. The van der Waals surface area contributed by atoms with Gasteiger partial charge in [0.15, 0.2) is 0 Å². The van der Waals surface area contributed by atoms with Crippen molar-refractivity contribution in [1.82, 2.24) is 5.32 Å². The van der Waals surface area contributed by atoms with Gasteiger partial charge in [-0.15, -0.1) is 0 Å². The van der Waals surface area contributed by atoms with Crippen LogP contribution in [0.1, 0.15) is 33.6 Å². The molecule has 4 nitrogen and oxygen atoms in total. The molecule has 0 bridgehead atoms. The lowest BCUT2D eigenvalue weighted by molar-refractivity contribution is -0.121. The van der Waals surface area contributed by atoms with Crippen molar-refractivity contribution in [2.75, 3.05) is 13.2 Å². The van der Waals surface area contributed by atoms with E-state index in [9.17, 15) is 4.79 Å². The van der Waals surface area contributed by atoms with Crippen molar-refractivity contribution in [2.45, 2.75) is 39.7 Å². The summed E-state index contributed by atoms with van der Waals surface area (Å²) in [6.07, 6.45) is 1.04. The lowest BCUT2D eigenvalue weighted by Crippen LogP contribution is -2.36. The first kappa shape index (κ1) is 13.4. The average molecular weight is 202 g/mol. The van der Waals surface area contributed by atoms with Gasteiger partial charge in [-0.25, -0.2) is 0 Å². The second-order valence-corrected chi connectivity index (χ2v) is 4.60. The zero-order chi connectivity index (χ0) is 11.2. The zero-order valence-electron chi connectivity index (χ0n) is 9.34. The Morgan fingerprint density at radius 1 is 1.57 bits per heavy atom. The Labute approximate surface area is 85.9 Å². The molecule has 4 heteroatoms. The van der Waals surface area contributed by atoms with Crippen molar-refractivity contribution in [1.29, 1.82) is 0 Å². The van der Waals surface area contributed by atoms with Crippen LogP contribution in [0.2, 0.25) is 0 Å². The molecular weight excluding hydrogens is 180 g/mol. The number of aliphatic hydroxyl groups is 1. The highest BCUT2D eigenvalue weighted by Crippen LogP contribution is 2.17. The van der Waals surface area contributed by atoms with Gasteiger partial charge in [-0.3, -0.25) is 4.79 Å². The average Bonchev–Trinajstić information content (AvgIpc) is 2.00. The molecule has 1 amide bonds. The molecule has 0 rings (SSSR count). The summed E-state index contributed by atoms with van der Waals surface area (Å²) in [5, 5.41) is 11.6. The molecule has 0 radical (unpaired) electrons. The summed E-state index contributed by atoms with van der Waals surface area (Å²) in [6, 6.07) is -0.101. The summed E-state index contributed by atoms with van der Waals surface area (Å²) < 4.78 is 0. The standard InChI is InChI=1S/C10H22N2O2/c1-8(11)6-9(14)12-7-10(2,3)4-5-13/h8,13H,4-7,11H2,1-3H3,(H,12,14). The van der Waals surface area contributed by atoms with E-state index in [-0.39, 0.29) is 24.0 Å². The Bertz CT molecular complexity index is 179. The summed E-state index contributed by atoms with van der Waals surface area (Å²) in [6.45, 7) is 6.55. The van der Waals surface area contributed by atoms with Crippen LogP contribution >= 0.6 is 0 Å². The van der Waals surface area contributed by atoms with Gasteiger partial charge in [-0.1, -0.05) is 13.8 Å². The Hall–Kier alpha value is -0.610. The molecule has 0 aromatic heterocycles. The van der Waals surface area contributed by atoms with Crippen molar-refractivity contribution >= 4 is 5.91 Å². The number of nitrogens with one attached hydrogen (secondary N) is 1. The molecule has 14 heavy (non-hydrogen) atoms. The SMILES string of the molecule is CC(N)CC(=O)NCC(C)(C)CCO. The first-order chi connectivity index (χ1) is 6.37. The molecule has 0 saturated carbocycles. The molecule has 0 aromatic carbocycles. The van der Waals surface area contributed by atoms with Crippen LogP contribution in [0.3, 0.4) is 0 Å². The lowest BCUT2D eigenvalue weighted by atomic mass is 9.90. The van der Waals surface area contributed by atoms with Gasteiger partial charge in [0, 0.05) is 25.6 Å². The molecule has 0 spiro atoms. The molecule has 0 aromatic rings. The third-order valence-corrected chi connectivity index (χ3v) is 2.06. The highest BCUT2D eigenvalue weighted by Gasteiger charge is 2.18. The number of carbonyl (C=O) groups excluding carboxylic acids is 1. The van der Waals surface area contributed by atoms with Crippen LogP contribution in [-0.2, 0) is 4.79 Å². The molecule has 0 saturated heterocycles. The number of rotatable bonds is 6. The van der Waals surface area contributed by atoms with E-state index in [1.54, 1.807) is 6.92 Å². The quantitative estimate of drug-likeness (QED) is 0.578. The van der Waals surface area contributed by atoms with Gasteiger partial charge in [0.1, 0.15) is 0 Å². The van der Waals surface area contributed by atoms with Crippen LogP contribution in [0.15, 0.2) is 0 Å². The van der Waals surface area contributed by atoms with Crippen LogP contribution in [0.25, 0.3) is 0 Å². The maximum Gasteiger partial charge on any atom is 0.221 e. The van der Waals surface area contributed by atoms with Gasteiger partial charge in [0.05, 0.1) is 0 Å². The topological polar surface area (TPSA) is 75.4 Å². The van der Waals surface area contributed by atoms with E-state index >= 15 is 0 Å². The first-order valence-corrected chi connectivity index (χ1v) is 5.00. The molecule has 0 aliphatic carbocycles. The summed E-state index contributed by atoms with van der Waals surface area (Å²) >= 11 is 0. The number of aliphatic hydroxyl groups excluding tert-OH is 1. The number of carbonyl (C=O) groups is 1. The summed E-state index contributed by atoms with van der Waals surface area (Å²) in [5.41, 5.74) is 5.44. The van der Waals surface area contributed by atoms with Gasteiger partial charge in [-0.05, 0) is 18.8 Å². The largest absolute Gasteiger partial charge is 0.396 e. The van der Waals surface area contributed by atoms with Gasteiger partial charge in [0.2, 0.25) is 5.91 Å². The molecule has 0 aliphatic heterocycles. The third-order valence-electron chi connectivity index (χ3n) is 2.06. The Morgan fingerprint density at radius 3 is 2.57 bits per heavy atom. The molecular formula is C10H22N2O2. The van der Waals surface area contributed by atoms with E-state index in [0.29, 0.717) is 19.4 Å². The molecule has 84 valence electrons. The summed E-state index contributed by atoms with van der Waals surface area (Å²) in [4.78, 5) is 11.3. The minimum absolute atomic E-state index is 0.0222. The second kappa shape index (κ2) is 5.98. The molecule has 0 fully saturated rings. The second-order valence-electron chi connectivity index (χ2n) is 4.60. The van der Waals surface area contributed by atoms with Crippen molar-refractivity contribution in [2.24, 2.45) is 11.1 Å². The first-order valence-electron chi connectivity index (χ1n) is 5.00. The fourth-order valence-electron chi connectivity index (χ4n) is 1.09. The van der Waals surface area contributed by atoms with E-state index in [4.69, 9.17) is 10.8 Å². The normalized spacial score (nSPS) is 13.8. The summed E-state index contributed by atoms with van der Waals surface area (Å²) in [5.74, 6) is -0.0222. The third kappa shape index (κ3) is 6.86. The minimum Gasteiger partial charge on any atom is -0.396 e. The Kier molecular flexibility index (Phi) is 5.72. The van der Waals surface area contributed by atoms with Crippen LogP contribution in [-0.4, -0.2) is 30.2 Å². The molecule has 0 heterocycles. The Balaban J connectivity index is 3.75. The lowest BCUT2D eigenvalue weighted by Gasteiger charge is -2.24. The van der Waals surface area contributed by atoms with Crippen molar-refractivity contribution in [3.05, 3.63) is 0 Å². The minimum atomic E-state index is -0.101. The number of hydrogen-bond donors (Lipinski definition) is 3. The molecule has 1 unspecified atom stereocenters. The number of nitrogens with two attached hydrogens (primary N) is 1. The van der Waals surface area contributed by atoms with Gasteiger partial charge in [-0.2, -0.15) is 0 Å². The molecule has 4 N–H and O–H groups in total. The molecule has 1 atom stereocenters. The van der Waals surface area contributed by atoms with E-state index in [2.05, 4.69) is 5.32 Å². The van der Waals surface area contributed by atoms with E-state index in [0.717, 1.165) is 0 Å². The maximum absolute atomic E-state index is 11.3. The number of hydrogen-bond acceptors (Lipinski definition) is 3. The van der Waals surface area contributed by atoms with Crippen LogP contribution < -0.4 is 11.1 Å². The summed E-state index contributed by atoms with van der Waals surface area (Å²) in [7, 11) is 0. The highest BCUT2D eigenvalue weighted by molar-refractivity contribution is 5.76. The number of amides is 1. The maximum atomic E-state index is 11.3. The van der Waals surface area contributed by atoms with E-state index < -0.39 is 0 Å². The van der Waals surface area contributed by atoms with Gasteiger partial charge < -0.3 is 16.2 Å².